The minimum Gasteiger partial charge on any atom is -0.432 e. The maximum absolute atomic E-state index is 10.9. The number of hydrogen-bond donors (Lipinski definition) is 0. The van der Waals surface area contributed by atoms with Gasteiger partial charge in [-0.1, -0.05) is 13.2 Å². The van der Waals surface area contributed by atoms with Crippen LogP contribution in [0, 0.1) is 0 Å². The van der Waals surface area contributed by atoms with Gasteiger partial charge in [-0.15, -0.1) is 0 Å². The summed E-state index contributed by atoms with van der Waals surface area (Å²) in [6.07, 6.45) is 2.93. The molecule has 1 heterocycles. The molecule has 1 aliphatic heterocycles. The van der Waals surface area contributed by atoms with Crippen molar-refractivity contribution in [1.29, 1.82) is 0 Å². The Labute approximate surface area is 71.7 Å². The molecule has 0 aliphatic carbocycles. The van der Waals surface area contributed by atoms with Crippen molar-refractivity contribution < 1.29 is 14.3 Å². The van der Waals surface area contributed by atoms with E-state index in [2.05, 4.69) is 17.9 Å². The largest absolute Gasteiger partial charge is 0.432 e. The van der Waals surface area contributed by atoms with E-state index in [1.165, 1.54) is 0 Å². The monoisotopic (exact) mass is 168 g/mol. The molecule has 1 rings (SSSR count). The van der Waals surface area contributed by atoms with E-state index in [0.717, 1.165) is 19.3 Å². The average molecular weight is 168 g/mol. The minimum atomic E-state index is -0.398. The van der Waals surface area contributed by atoms with Crippen molar-refractivity contribution in [2.75, 3.05) is 6.61 Å². The van der Waals surface area contributed by atoms with Gasteiger partial charge in [-0.2, -0.15) is 0 Å². The predicted molar refractivity (Wildman–Crippen MR) is 44.4 cm³/mol. The maximum atomic E-state index is 10.9. The van der Waals surface area contributed by atoms with Crippen LogP contribution in [0.25, 0.3) is 0 Å². The van der Waals surface area contributed by atoms with Crippen molar-refractivity contribution in [3.05, 3.63) is 25.0 Å². The van der Waals surface area contributed by atoms with E-state index < -0.39 is 5.97 Å². The van der Waals surface area contributed by atoms with Crippen LogP contribution in [0.15, 0.2) is 25.0 Å². The number of esters is 1. The second-order valence-electron chi connectivity index (χ2n) is 2.67. The number of epoxide rings is 1. The lowest BCUT2D eigenvalue weighted by molar-refractivity contribution is -0.133. The number of rotatable bonds is 5. The van der Waals surface area contributed by atoms with Crippen LogP contribution in [0.1, 0.15) is 12.8 Å². The van der Waals surface area contributed by atoms with Crippen LogP contribution in [0.5, 0.6) is 0 Å². The van der Waals surface area contributed by atoms with Crippen LogP contribution >= 0.6 is 0 Å². The molecule has 0 aromatic rings. The standard InChI is InChI=1S/C9H12O3/c1-3-11-9(10)7(2)4-5-8-6-12-8/h3,8H,1-2,4-6H2. The van der Waals surface area contributed by atoms with E-state index in [-0.39, 0.29) is 0 Å². The van der Waals surface area contributed by atoms with Gasteiger partial charge in [0.05, 0.1) is 19.0 Å². The Morgan fingerprint density at radius 2 is 2.42 bits per heavy atom. The van der Waals surface area contributed by atoms with Gasteiger partial charge < -0.3 is 9.47 Å². The van der Waals surface area contributed by atoms with E-state index in [1.807, 2.05) is 0 Å². The Hall–Kier alpha value is -1.09. The molecule has 3 nitrogen and oxygen atoms in total. The fourth-order valence-corrected chi connectivity index (χ4v) is 0.831. The van der Waals surface area contributed by atoms with Crippen molar-refractivity contribution in [2.45, 2.75) is 18.9 Å². The summed E-state index contributed by atoms with van der Waals surface area (Å²) in [7, 11) is 0. The molecule has 12 heavy (non-hydrogen) atoms. The zero-order valence-corrected chi connectivity index (χ0v) is 6.91. The lowest BCUT2D eigenvalue weighted by Crippen LogP contribution is -2.03. The molecule has 1 aliphatic rings. The Morgan fingerprint density at radius 1 is 1.75 bits per heavy atom. The summed E-state index contributed by atoms with van der Waals surface area (Å²) in [5, 5.41) is 0. The van der Waals surface area contributed by atoms with E-state index in [0.29, 0.717) is 18.1 Å². The number of ether oxygens (including phenoxy) is 2. The SMILES string of the molecule is C=COC(=O)C(=C)CCC1CO1. The Bertz CT molecular complexity index is 204. The smallest absolute Gasteiger partial charge is 0.338 e. The second-order valence-corrected chi connectivity index (χ2v) is 2.67. The zero-order valence-electron chi connectivity index (χ0n) is 6.91. The van der Waals surface area contributed by atoms with Gasteiger partial charge in [0.15, 0.2) is 0 Å². The lowest BCUT2D eigenvalue weighted by atomic mass is 10.1. The van der Waals surface area contributed by atoms with E-state index in [4.69, 9.17) is 4.74 Å². The summed E-state index contributed by atoms with van der Waals surface area (Å²) in [6.45, 7) is 7.69. The van der Waals surface area contributed by atoms with E-state index in [1.54, 1.807) is 0 Å². The Kier molecular flexibility index (Phi) is 3.05. The van der Waals surface area contributed by atoms with Crippen molar-refractivity contribution in [3.63, 3.8) is 0 Å². The van der Waals surface area contributed by atoms with Gasteiger partial charge in [0.1, 0.15) is 0 Å². The molecule has 1 atom stereocenters. The molecule has 0 spiro atoms. The first-order chi connectivity index (χ1) is 5.74. The van der Waals surface area contributed by atoms with Crippen LogP contribution in [0.2, 0.25) is 0 Å². The molecule has 0 saturated carbocycles. The fraction of sp³-hybridized carbons (Fsp3) is 0.444. The Morgan fingerprint density at radius 3 is 2.92 bits per heavy atom. The lowest BCUT2D eigenvalue weighted by Gasteiger charge is -2.00. The molecule has 1 fully saturated rings. The van der Waals surface area contributed by atoms with E-state index in [9.17, 15) is 4.79 Å². The predicted octanol–water partition coefficient (Wildman–Crippen LogP) is 1.41. The molecule has 0 bridgehead atoms. The van der Waals surface area contributed by atoms with Crippen LogP contribution in [0.3, 0.4) is 0 Å². The highest BCUT2D eigenvalue weighted by Gasteiger charge is 2.22. The summed E-state index contributed by atoms with van der Waals surface area (Å²) < 4.78 is 9.53. The first-order valence-electron chi connectivity index (χ1n) is 3.85. The number of carbonyl (C=O) groups excluding carboxylic acids is 1. The highest BCUT2D eigenvalue weighted by molar-refractivity contribution is 5.88. The summed E-state index contributed by atoms with van der Waals surface area (Å²) in [6, 6.07) is 0. The van der Waals surface area contributed by atoms with Crippen LogP contribution in [-0.4, -0.2) is 18.7 Å². The molecule has 0 radical (unpaired) electrons. The summed E-state index contributed by atoms with van der Waals surface area (Å²) in [5.41, 5.74) is 0.477. The minimum absolute atomic E-state index is 0.332. The number of carbonyl (C=O) groups is 1. The van der Waals surface area contributed by atoms with Crippen molar-refractivity contribution in [3.8, 4) is 0 Å². The quantitative estimate of drug-likeness (QED) is 0.269. The molecule has 0 aromatic heterocycles. The third kappa shape index (κ3) is 2.88. The summed E-state index contributed by atoms with van der Waals surface area (Å²) in [5.74, 6) is -0.398. The first-order valence-corrected chi connectivity index (χ1v) is 3.85. The van der Waals surface area contributed by atoms with Crippen LogP contribution in [0.4, 0.5) is 0 Å². The molecular weight excluding hydrogens is 156 g/mol. The van der Waals surface area contributed by atoms with Gasteiger partial charge in [0.25, 0.3) is 0 Å². The highest BCUT2D eigenvalue weighted by atomic mass is 16.6. The second kappa shape index (κ2) is 4.07. The highest BCUT2D eigenvalue weighted by Crippen LogP contribution is 2.18. The molecular formula is C9H12O3. The zero-order chi connectivity index (χ0) is 8.97. The molecule has 3 heteroatoms. The normalized spacial score (nSPS) is 19.8. The first kappa shape index (κ1) is 9.00. The van der Waals surface area contributed by atoms with Crippen LogP contribution in [-0.2, 0) is 14.3 Å². The van der Waals surface area contributed by atoms with Gasteiger partial charge in [-0.25, -0.2) is 4.79 Å². The number of hydrogen-bond acceptors (Lipinski definition) is 3. The maximum Gasteiger partial charge on any atom is 0.338 e. The molecule has 0 aromatic carbocycles. The van der Waals surface area contributed by atoms with Crippen LogP contribution < -0.4 is 0 Å². The molecule has 0 N–H and O–H groups in total. The fourth-order valence-electron chi connectivity index (χ4n) is 0.831. The third-order valence-corrected chi connectivity index (χ3v) is 1.65. The van der Waals surface area contributed by atoms with Crippen molar-refractivity contribution in [2.24, 2.45) is 0 Å². The third-order valence-electron chi connectivity index (χ3n) is 1.65. The molecule has 0 amide bonds. The summed E-state index contributed by atoms with van der Waals surface area (Å²) in [4.78, 5) is 10.9. The topological polar surface area (TPSA) is 38.8 Å². The van der Waals surface area contributed by atoms with Gasteiger partial charge in [0.2, 0.25) is 0 Å². The molecule has 1 unspecified atom stereocenters. The van der Waals surface area contributed by atoms with Gasteiger partial charge in [-0.3, -0.25) is 0 Å². The van der Waals surface area contributed by atoms with Gasteiger partial charge in [0, 0.05) is 5.57 Å². The molecule has 1 saturated heterocycles. The average Bonchev–Trinajstić information content (AvgIpc) is 2.83. The van der Waals surface area contributed by atoms with Crippen molar-refractivity contribution in [1.82, 2.24) is 0 Å². The Balaban J connectivity index is 2.16. The molecule has 66 valence electrons. The van der Waals surface area contributed by atoms with Gasteiger partial charge in [-0.05, 0) is 12.8 Å². The van der Waals surface area contributed by atoms with Gasteiger partial charge >= 0.3 is 5.97 Å². The van der Waals surface area contributed by atoms with E-state index >= 15 is 0 Å². The summed E-state index contributed by atoms with van der Waals surface area (Å²) >= 11 is 0. The van der Waals surface area contributed by atoms with Crippen molar-refractivity contribution >= 4 is 5.97 Å².